The molecule has 1 atom stereocenters. The third-order valence-electron chi connectivity index (χ3n) is 3.72. The lowest BCUT2D eigenvalue weighted by molar-refractivity contribution is 0.0704. The number of nitrogen functional groups attached to an aromatic ring is 2. The average Bonchev–Trinajstić information content (AvgIpc) is 2.76. The lowest BCUT2D eigenvalue weighted by atomic mass is 10.1. The maximum absolute atomic E-state index is 12.8. The van der Waals surface area contributed by atoms with Gasteiger partial charge in [0.05, 0.1) is 33.9 Å². The molecule has 4 N–H and O–H groups in total. The molecule has 0 fully saturated rings. The molecule has 22 heavy (non-hydrogen) atoms. The van der Waals surface area contributed by atoms with E-state index in [0.29, 0.717) is 27.8 Å². The highest BCUT2D eigenvalue weighted by Gasteiger charge is 2.35. The monoisotopic (exact) mass is 337 g/mol. The van der Waals surface area contributed by atoms with Crippen molar-refractivity contribution in [2.45, 2.75) is 19.5 Å². The number of fused-ring (bicyclic) bond motifs is 1. The summed E-state index contributed by atoms with van der Waals surface area (Å²) < 4.78 is 0. The molecule has 0 aliphatic carbocycles. The van der Waals surface area contributed by atoms with Crippen molar-refractivity contribution in [3.8, 4) is 0 Å². The van der Waals surface area contributed by atoms with Crippen LogP contribution >= 0.6 is 23.2 Å². The first-order valence-electron chi connectivity index (χ1n) is 6.57. The number of benzene rings is 1. The van der Waals surface area contributed by atoms with Gasteiger partial charge < -0.3 is 16.4 Å². The van der Waals surface area contributed by atoms with Crippen molar-refractivity contribution in [3.05, 3.63) is 45.1 Å². The highest BCUT2D eigenvalue weighted by atomic mass is 35.5. The summed E-state index contributed by atoms with van der Waals surface area (Å²) >= 11 is 12.2. The molecule has 2 heterocycles. The summed E-state index contributed by atoms with van der Waals surface area (Å²) in [4.78, 5) is 22.5. The van der Waals surface area contributed by atoms with Crippen LogP contribution in [0, 0.1) is 0 Å². The van der Waals surface area contributed by atoms with Gasteiger partial charge in [-0.2, -0.15) is 4.98 Å². The van der Waals surface area contributed by atoms with Gasteiger partial charge in [-0.1, -0.05) is 29.3 Å². The van der Waals surface area contributed by atoms with Crippen molar-refractivity contribution in [1.29, 1.82) is 0 Å². The van der Waals surface area contributed by atoms with Crippen LogP contribution in [0.3, 0.4) is 0 Å². The molecule has 0 bridgehead atoms. The first-order valence-corrected chi connectivity index (χ1v) is 7.32. The summed E-state index contributed by atoms with van der Waals surface area (Å²) in [7, 11) is 0. The van der Waals surface area contributed by atoms with Gasteiger partial charge in [-0.05, 0) is 19.1 Å². The number of aromatic nitrogens is 2. The zero-order valence-electron chi connectivity index (χ0n) is 11.7. The van der Waals surface area contributed by atoms with Crippen LogP contribution in [-0.4, -0.2) is 20.8 Å². The Morgan fingerprint density at radius 2 is 1.91 bits per heavy atom. The normalized spacial score (nSPS) is 16.7. The van der Waals surface area contributed by atoms with E-state index in [-0.39, 0.29) is 29.3 Å². The third kappa shape index (κ3) is 2.24. The largest absolute Gasteiger partial charge is 0.383 e. The maximum atomic E-state index is 12.8. The second-order valence-electron chi connectivity index (χ2n) is 5.04. The van der Waals surface area contributed by atoms with Gasteiger partial charge in [0.15, 0.2) is 0 Å². The minimum absolute atomic E-state index is 0.0909. The van der Waals surface area contributed by atoms with Crippen molar-refractivity contribution in [3.63, 3.8) is 0 Å². The molecule has 114 valence electrons. The molecule has 0 radical (unpaired) electrons. The summed E-state index contributed by atoms with van der Waals surface area (Å²) in [6.07, 6.45) is 0. The van der Waals surface area contributed by atoms with E-state index < -0.39 is 0 Å². The molecule has 2 aromatic rings. The molecular weight excluding hydrogens is 325 g/mol. The molecule has 0 unspecified atom stereocenters. The van der Waals surface area contributed by atoms with E-state index in [4.69, 9.17) is 34.7 Å². The van der Waals surface area contributed by atoms with Crippen molar-refractivity contribution >= 4 is 40.9 Å². The van der Waals surface area contributed by atoms with Crippen molar-refractivity contribution < 1.29 is 4.79 Å². The van der Waals surface area contributed by atoms with E-state index in [1.165, 1.54) is 0 Å². The molecule has 3 rings (SSSR count). The average molecular weight is 338 g/mol. The van der Waals surface area contributed by atoms with Crippen molar-refractivity contribution in [2.24, 2.45) is 0 Å². The summed E-state index contributed by atoms with van der Waals surface area (Å²) in [5.74, 6) is 0.0992. The third-order valence-corrected chi connectivity index (χ3v) is 4.35. The van der Waals surface area contributed by atoms with Gasteiger partial charge in [0.25, 0.3) is 5.91 Å². The number of amides is 1. The standard InChI is InChI=1S/C14H13Cl2N5O/c1-6-11-7(12(17)20-14(18)19-11)5-21(6)13(22)10-8(15)3-2-4-9(10)16/h2-4,6H,5H2,1H3,(H4,17,18,19,20)/t6-/m0/s1. The Morgan fingerprint density at radius 1 is 1.27 bits per heavy atom. The number of rotatable bonds is 1. The topological polar surface area (TPSA) is 98.1 Å². The van der Waals surface area contributed by atoms with Gasteiger partial charge in [-0.15, -0.1) is 0 Å². The van der Waals surface area contributed by atoms with Crippen LogP contribution in [0.25, 0.3) is 0 Å². The fourth-order valence-electron chi connectivity index (χ4n) is 2.59. The highest BCUT2D eigenvalue weighted by molar-refractivity contribution is 6.39. The zero-order valence-corrected chi connectivity index (χ0v) is 13.2. The first-order chi connectivity index (χ1) is 10.4. The number of carbonyl (C=O) groups is 1. The Labute approximate surface area is 137 Å². The van der Waals surface area contributed by atoms with Crippen LogP contribution in [0.4, 0.5) is 11.8 Å². The van der Waals surface area contributed by atoms with Crippen LogP contribution in [-0.2, 0) is 6.54 Å². The molecule has 6 nitrogen and oxygen atoms in total. The Kier molecular flexibility index (Phi) is 3.58. The lowest BCUT2D eigenvalue weighted by Gasteiger charge is -2.22. The Bertz CT molecular complexity index is 760. The van der Waals surface area contributed by atoms with Gasteiger partial charge in [0.1, 0.15) is 5.82 Å². The molecule has 1 aliphatic heterocycles. The zero-order chi connectivity index (χ0) is 16.0. The van der Waals surface area contributed by atoms with Gasteiger partial charge in [0.2, 0.25) is 5.95 Å². The smallest absolute Gasteiger partial charge is 0.257 e. The van der Waals surface area contributed by atoms with Crippen molar-refractivity contribution in [1.82, 2.24) is 14.9 Å². The number of hydrogen-bond donors (Lipinski definition) is 2. The minimum Gasteiger partial charge on any atom is -0.383 e. The van der Waals surface area contributed by atoms with E-state index in [2.05, 4.69) is 9.97 Å². The molecule has 1 aliphatic rings. The Balaban J connectivity index is 2.02. The number of nitrogens with zero attached hydrogens (tertiary/aromatic N) is 3. The van der Waals surface area contributed by atoms with Crippen LogP contribution in [0.5, 0.6) is 0 Å². The second-order valence-corrected chi connectivity index (χ2v) is 5.85. The van der Waals surface area contributed by atoms with Crippen LogP contribution in [0.1, 0.15) is 34.6 Å². The van der Waals surface area contributed by atoms with Crippen LogP contribution in [0.2, 0.25) is 10.0 Å². The fourth-order valence-corrected chi connectivity index (χ4v) is 3.15. The number of hydrogen-bond acceptors (Lipinski definition) is 5. The highest BCUT2D eigenvalue weighted by Crippen LogP contribution is 2.37. The quantitative estimate of drug-likeness (QED) is 0.833. The molecule has 1 amide bonds. The SMILES string of the molecule is C[C@H]1c2nc(N)nc(N)c2CN1C(=O)c1c(Cl)cccc1Cl. The number of halogens is 2. The summed E-state index contributed by atoms with van der Waals surface area (Å²) in [6, 6.07) is 4.65. The Hall–Kier alpha value is -2.05. The fraction of sp³-hybridized carbons (Fsp3) is 0.214. The number of carbonyl (C=O) groups excluding carboxylic acids is 1. The molecular formula is C14H13Cl2N5O. The molecule has 0 saturated heterocycles. The minimum atomic E-state index is -0.289. The van der Waals surface area contributed by atoms with Gasteiger partial charge in [0, 0.05) is 5.56 Å². The van der Waals surface area contributed by atoms with E-state index in [1.807, 2.05) is 6.92 Å². The summed E-state index contributed by atoms with van der Waals surface area (Å²) in [5, 5.41) is 0.610. The summed E-state index contributed by atoms with van der Waals surface area (Å²) in [5.41, 5.74) is 13.1. The molecule has 0 saturated carbocycles. The maximum Gasteiger partial charge on any atom is 0.257 e. The predicted molar refractivity (Wildman–Crippen MR) is 85.6 cm³/mol. The first kappa shape index (κ1) is 14.9. The van der Waals surface area contributed by atoms with Gasteiger partial charge in [-0.25, -0.2) is 4.98 Å². The van der Waals surface area contributed by atoms with Crippen molar-refractivity contribution in [2.75, 3.05) is 11.5 Å². The van der Waals surface area contributed by atoms with Gasteiger partial charge in [-0.3, -0.25) is 4.79 Å². The molecule has 8 heteroatoms. The molecule has 1 aromatic carbocycles. The molecule has 1 aromatic heterocycles. The second kappa shape index (κ2) is 5.30. The van der Waals surface area contributed by atoms with E-state index >= 15 is 0 Å². The van der Waals surface area contributed by atoms with Crippen LogP contribution in [0.15, 0.2) is 18.2 Å². The Morgan fingerprint density at radius 3 is 2.55 bits per heavy atom. The van der Waals surface area contributed by atoms with E-state index in [0.717, 1.165) is 0 Å². The van der Waals surface area contributed by atoms with Crippen LogP contribution < -0.4 is 11.5 Å². The summed E-state index contributed by atoms with van der Waals surface area (Å²) in [6.45, 7) is 2.14. The molecule has 0 spiro atoms. The predicted octanol–water partition coefficient (Wildman–Crippen LogP) is 2.66. The van der Waals surface area contributed by atoms with E-state index in [9.17, 15) is 4.79 Å². The van der Waals surface area contributed by atoms with E-state index in [1.54, 1.807) is 23.1 Å². The number of anilines is 2. The number of nitrogens with two attached hydrogens (primary N) is 2. The van der Waals surface area contributed by atoms with Gasteiger partial charge >= 0.3 is 0 Å². The lowest BCUT2D eigenvalue weighted by Crippen LogP contribution is -2.28.